The zero-order valence-corrected chi connectivity index (χ0v) is 14.2. The first-order valence-corrected chi connectivity index (χ1v) is 8.19. The smallest absolute Gasteiger partial charge is 0.378 e. The first kappa shape index (κ1) is 18.9. The highest BCUT2D eigenvalue weighted by Gasteiger charge is 2.30. The predicted octanol–water partition coefficient (Wildman–Crippen LogP) is 2.01. The second-order valence-corrected chi connectivity index (χ2v) is 5.95. The fourth-order valence-corrected chi connectivity index (χ4v) is 2.58. The number of amides is 2. The third-order valence-electron chi connectivity index (χ3n) is 4.03. The first-order valence-electron chi connectivity index (χ1n) is 8.19. The third kappa shape index (κ3) is 4.85. The van der Waals surface area contributed by atoms with Gasteiger partial charge in [0.2, 0.25) is 5.91 Å². The molecule has 27 heavy (non-hydrogen) atoms. The van der Waals surface area contributed by atoms with Gasteiger partial charge in [0.1, 0.15) is 6.54 Å². The van der Waals surface area contributed by atoms with Crippen LogP contribution < -0.4 is 5.32 Å². The number of nitrogens with zero attached hydrogens (tertiary/aromatic N) is 3. The Bertz CT molecular complexity index is 812. The molecular formula is C17H17F3N4O3. The number of ether oxygens (including phenoxy) is 1. The van der Waals surface area contributed by atoms with E-state index in [1.165, 1.54) is 17.1 Å². The minimum atomic E-state index is -4.46. The van der Waals surface area contributed by atoms with Crippen molar-refractivity contribution in [2.75, 3.05) is 31.6 Å². The summed E-state index contributed by atoms with van der Waals surface area (Å²) in [5, 5.41) is 6.56. The Balaban J connectivity index is 1.58. The molecule has 0 saturated carbocycles. The van der Waals surface area contributed by atoms with E-state index in [-0.39, 0.29) is 18.0 Å². The molecule has 0 radical (unpaired) electrons. The summed E-state index contributed by atoms with van der Waals surface area (Å²) >= 11 is 0. The standard InChI is InChI=1S/C17H17F3N4O3/c18-17(19,20)13-3-1-12(2-4-13)16(26)22-14-9-21-24(10-14)11-15(25)23-5-7-27-8-6-23/h1-4,9-10H,5-8,11H2,(H,22,26). The minimum Gasteiger partial charge on any atom is -0.378 e. The van der Waals surface area contributed by atoms with Crippen LogP contribution in [0.25, 0.3) is 0 Å². The molecular weight excluding hydrogens is 365 g/mol. The Kier molecular flexibility index (Phi) is 5.45. The third-order valence-corrected chi connectivity index (χ3v) is 4.03. The summed E-state index contributed by atoms with van der Waals surface area (Å²) in [7, 11) is 0. The zero-order chi connectivity index (χ0) is 19.4. The van der Waals surface area contributed by atoms with Crippen LogP contribution in [0.3, 0.4) is 0 Å². The van der Waals surface area contributed by atoms with Gasteiger partial charge in [0.25, 0.3) is 5.91 Å². The second-order valence-electron chi connectivity index (χ2n) is 5.95. The number of halogens is 3. The molecule has 0 atom stereocenters. The normalized spacial score (nSPS) is 14.9. The Morgan fingerprint density at radius 1 is 1.15 bits per heavy atom. The molecule has 2 aromatic rings. The maximum absolute atomic E-state index is 12.6. The van der Waals surface area contributed by atoms with E-state index >= 15 is 0 Å². The SMILES string of the molecule is O=C(Nc1cnn(CC(=O)N2CCOCC2)c1)c1ccc(C(F)(F)F)cc1. The molecule has 1 aliphatic heterocycles. The number of carbonyl (C=O) groups is 2. The maximum atomic E-state index is 12.6. The molecule has 1 aromatic heterocycles. The van der Waals surface area contributed by atoms with E-state index in [1.54, 1.807) is 4.90 Å². The largest absolute Gasteiger partial charge is 0.416 e. The van der Waals surface area contributed by atoms with E-state index in [1.807, 2.05) is 0 Å². The number of benzene rings is 1. The molecule has 1 aromatic carbocycles. The lowest BCUT2D eigenvalue weighted by Crippen LogP contribution is -2.42. The van der Waals surface area contributed by atoms with Gasteiger partial charge in [-0.2, -0.15) is 18.3 Å². The second kappa shape index (κ2) is 7.78. The summed E-state index contributed by atoms with van der Waals surface area (Å²) in [5.41, 5.74) is -0.400. The molecule has 0 bridgehead atoms. The van der Waals surface area contributed by atoms with Crippen molar-refractivity contribution in [3.05, 3.63) is 47.8 Å². The minimum absolute atomic E-state index is 0.0240. The molecule has 0 aliphatic carbocycles. The lowest BCUT2D eigenvalue weighted by Gasteiger charge is -2.26. The summed E-state index contributed by atoms with van der Waals surface area (Å²) in [6.07, 6.45) is -1.60. The number of carbonyl (C=O) groups excluding carboxylic acids is 2. The van der Waals surface area contributed by atoms with Crippen molar-refractivity contribution in [2.45, 2.75) is 12.7 Å². The molecule has 3 rings (SSSR count). The number of hydrogen-bond acceptors (Lipinski definition) is 4. The fourth-order valence-electron chi connectivity index (χ4n) is 2.58. The van der Waals surface area contributed by atoms with Gasteiger partial charge in [0.15, 0.2) is 0 Å². The molecule has 1 aliphatic rings. The molecule has 0 unspecified atom stereocenters. The van der Waals surface area contributed by atoms with Crippen molar-refractivity contribution in [3.8, 4) is 0 Å². The average molecular weight is 382 g/mol. The summed E-state index contributed by atoms with van der Waals surface area (Å²) < 4.78 is 44.3. The summed E-state index contributed by atoms with van der Waals surface area (Å²) in [5.74, 6) is -0.676. The van der Waals surface area contributed by atoms with E-state index in [0.717, 1.165) is 24.3 Å². The van der Waals surface area contributed by atoms with Crippen LogP contribution in [0, 0.1) is 0 Å². The van der Waals surface area contributed by atoms with Crippen LogP contribution in [-0.2, 0) is 22.3 Å². The molecule has 1 saturated heterocycles. The fraction of sp³-hybridized carbons (Fsp3) is 0.353. The van der Waals surface area contributed by atoms with Gasteiger partial charge in [0, 0.05) is 24.8 Å². The van der Waals surface area contributed by atoms with E-state index in [4.69, 9.17) is 4.74 Å². The lowest BCUT2D eigenvalue weighted by atomic mass is 10.1. The molecule has 1 N–H and O–H groups in total. The van der Waals surface area contributed by atoms with Crippen LogP contribution in [0.4, 0.5) is 18.9 Å². The van der Waals surface area contributed by atoms with Gasteiger partial charge < -0.3 is 15.0 Å². The molecule has 2 heterocycles. The van der Waals surface area contributed by atoms with E-state index in [9.17, 15) is 22.8 Å². The highest BCUT2D eigenvalue weighted by atomic mass is 19.4. The van der Waals surface area contributed by atoms with Crippen molar-refractivity contribution >= 4 is 17.5 Å². The topological polar surface area (TPSA) is 76.5 Å². The number of hydrogen-bond donors (Lipinski definition) is 1. The number of aromatic nitrogens is 2. The number of nitrogens with one attached hydrogen (secondary N) is 1. The highest BCUT2D eigenvalue weighted by Crippen LogP contribution is 2.29. The molecule has 0 spiro atoms. The van der Waals surface area contributed by atoms with Crippen molar-refractivity contribution in [3.63, 3.8) is 0 Å². The van der Waals surface area contributed by atoms with Gasteiger partial charge in [0.05, 0.1) is 30.7 Å². The van der Waals surface area contributed by atoms with Crippen LogP contribution in [0.5, 0.6) is 0 Å². The van der Waals surface area contributed by atoms with Crippen molar-refractivity contribution < 1.29 is 27.5 Å². The van der Waals surface area contributed by atoms with Crippen LogP contribution in [0.15, 0.2) is 36.7 Å². The molecule has 10 heteroatoms. The monoisotopic (exact) mass is 382 g/mol. The zero-order valence-electron chi connectivity index (χ0n) is 14.2. The molecule has 2 amide bonds. The number of rotatable bonds is 4. The molecule has 7 nitrogen and oxygen atoms in total. The Labute approximate surface area is 152 Å². The van der Waals surface area contributed by atoms with E-state index in [2.05, 4.69) is 10.4 Å². The Morgan fingerprint density at radius 2 is 1.81 bits per heavy atom. The summed E-state index contributed by atoms with van der Waals surface area (Å²) in [4.78, 5) is 26.0. The first-order chi connectivity index (χ1) is 12.8. The van der Waals surface area contributed by atoms with Gasteiger partial charge in [-0.25, -0.2) is 0 Å². The van der Waals surface area contributed by atoms with Crippen LogP contribution in [-0.4, -0.2) is 52.8 Å². The Morgan fingerprint density at radius 3 is 2.44 bits per heavy atom. The van der Waals surface area contributed by atoms with Crippen molar-refractivity contribution in [1.29, 1.82) is 0 Å². The quantitative estimate of drug-likeness (QED) is 0.878. The maximum Gasteiger partial charge on any atom is 0.416 e. The highest BCUT2D eigenvalue weighted by molar-refractivity contribution is 6.04. The van der Waals surface area contributed by atoms with Crippen molar-refractivity contribution in [2.24, 2.45) is 0 Å². The number of morpholine rings is 1. The van der Waals surface area contributed by atoms with Gasteiger partial charge in [-0.1, -0.05) is 0 Å². The van der Waals surface area contributed by atoms with Gasteiger partial charge >= 0.3 is 6.18 Å². The predicted molar refractivity (Wildman–Crippen MR) is 89.0 cm³/mol. The van der Waals surface area contributed by atoms with Crippen molar-refractivity contribution in [1.82, 2.24) is 14.7 Å². The van der Waals surface area contributed by atoms with Gasteiger partial charge in [-0.05, 0) is 24.3 Å². The Hall–Kier alpha value is -2.88. The van der Waals surface area contributed by atoms with Gasteiger partial charge in [-0.3, -0.25) is 14.3 Å². The van der Waals surface area contributed by atoms with Gasteiger partial charge in [-0.15, -0.1) is 0 Å². The van der Waals surface area contributed by atoms with E-state index < -0.39 is 17.6 Å². The molecule has 144 valence electrons. The van der Waals surface area contributed by atoms with E-state index in [0.29, 0.717) is 32.0 Å². The van der Waals surface area contributed by atoms with Crippen LogP contribution >= 0.6 is 0 Å². The summed E-state index contributed by atoms with van der Waals surface area (Å²) in [6.45, 7) is 2.07. The average Bonchev–Trinajstić information content (AvgIpc) is 3.08. The molecule has 1 fully saturated rings. The summed E-state index contributed by atoms with van der Waals surface area (Å²) in [6, 6.07) is 3.90. The van der Waals surface area contributed by atoms with Crippen LogP contribution in [0.2, 0.25) is 0 Å². The lowest BCUT2D eigenvalue weighted by molar-refractivity contribution is -0.137. The van der Waals surface area contributed by atoms with Crippen LogP contribution in [0.1, 0.15) is 15.9 Å². The number of alkyl halides is 3. The number of anilines is 1.